The lowest BCUT2D eigenvalue weighted by molar-refractivity contribution is 0.411. The van der Waals surface area contributed by atoms with E-state index in [-0.39, 0.29) is 5.75 Å². The van der Waals surface area contributed by atoms with Gasteiger partial charge in [0.2, 0.25) is 6.39 Å². The molecule has 1 N–H and O–H groups in total. The highest BCUT2D eigenvalue weighted by molar-refractivity contribution is 7.91. The van der Waals surface area contributed by atoms with Gasteiger partial charge in [-0.05, 0) is 24.3 Å². The van der Waals surface area contributed by atoms with Crippen LogP contribution in [0, 0.1) is 0 Å². The van der Waals surface area contributed by atoms with Crippen molar-refractivity contribution in [1.82, 2.24) is 10.1 Å². The first kappa shape index (κ1) is 12.6. The molecule has 0 fully saturated rings. The Morgan fingerprint density at radius 3 is 2.56 bits per heavy atom. The maximum Gasteiger partial charge on any atom is 0.213 e. The topological polar surface area (TPSA) is 85.1 Å². The SMILES string of the molecule is CCS(=O)(=O)c1ccc(NCc2ncon2)cc1. The molecule has 2 rings (SSSR count). The Hall–Kier alpha value is -1.89. The van der Waals surface area contributed by atoms with Gasteiger partial charge in [0.05, 0.1) is 17.2 Å². The second-order valence-electron chi connectivity index (χ2n) is 3.63. The Kier molecular flexibility index (Phi) is 3.61. The van der Waals surface area contributed by atoms with Gasteiger partial charge in [0.1, 0.15) is 0 Å². The molecule has 0 spiro atoms. The zero-order valence-electron chi connectivity index (χ0n) is 9.83. The Morgan fingerprint density at radius 1 is 1.28 bits per heavy atom. The number of hydrogen-bond acceptors (Lipinski definition) is 6. The predicted octanol–water partition coefficient (Wildman–Crippen LogP) is 1.48. The van der Waals surface area contributed by atoms with Gasteiger partial charge in [-0.2, -0.15) is 4.98 Å². The molecule has 0 atom stereocenters. The first-order valence-electron chi connectivity index (χ1n) is 5.44. The highest BCUT2D eigenvalue weighted by Crippen LogP contribution is 2.15. The maximum absolute atomic E-state index is 11.6. The lowest BCUT2D eigenvalue weighted by Crippen LogP contribution is -2.04. The molecule has 1 aromatic heterocycles. The first-order valence-corrected chi connectivity index (χ1v) is 7.09. The molecular weight excluding hydrogens is 254 g/mol. The summed E-state index contributed by atoms with van der Waals surface area (Å²) in [6.07, 6.45) is 1.26. The van der Waals surface area contributed by atoms with Crippen molar-refractivity contribution in [2.75, 3.05) is 11.1 Å². The van der Waals surface area contributed by atoms with E-state index >= 15 is 0 Å². The third kappa shape index (κ3) is 2.86. The maximum atomic E-state index is 11.6. The molecule has 1 aromatic carbocycles. The van der Waals surface area contributed by atoms with Gasteiger partial charge in [-0.3, -0.25) is 0 Å². The van der Waals surface area contributed by atoms with E-state index in [1.54, 1.807) is 31.2 Å². The van der Waals surface area contributed by atoms with Crippen LogP contribution in [-0.2, 0) is 16.4 Å². The number of aromatic nitrogens is 2. The van der Waals surface area contributed by atoms with E-state index in [2.05, 4.69) is 20.0 Å². The quantitative estimate of drug-likeness (QED) is 0.883. The summed E-state index contributed by atoms with van der Waals surface area (Å²) in [4.78, 5) is 4.19. The van der Waals surface area contributed by atoms with E-state index < -0.39 is 9.84 Å². The van der Waals surface area contributed by atoms with Gasteiger partial charge in [-0.15, -0.1) is 0 Å². The first-order chi connectivity index (χ1) is 8.62. The summed E-state index contributed by atoms with van der Waals surface area (Å²) >= 11 is 0. The standard InChI is InChI=1S/C11H13N3O3S/c1-2-18(15,16)10-5-3-9(4-6-10)12-7-11-13-8-17-14-11/h3-6,8,12H,2,7H2,1H3. The number of nitrogens with zero attached hydrogens (tertiary/aromatic N) is 2. The summed E-state index contributed by atoms with van der Waals surface area (Å²) in [5.41, 5.74) is 0.801. The highest BCUT2D eigenvalue weighted by Gasteiger charge is 2.10. The van der Waals surface area contributed by atoms with Crippen molar-refractivity contribution in [3.05, 3.63) is 36.5 Å². The second kappa shape index (κ2) is 5.18. The van der Waals surface area contributed by atoms with Crippen LogP contribution >= 0.6 is 0 Å². The van der Waals surface area contributed by atoms with Crippen LogP contribution in [-0.4, -0.2) is 24.3 Å². The molecule has 0 aliphatic rings. The molecule has 2 aromatic rings. The van der Waals surface area contributed by atoms with Crippen LogP contribution in [0.2, 0.25) is 0 Å². The van der Waals surface area contributed by atoms with Crippen molar-refractivity contribution in [2.45, 2.75) is 18.4 Å². The molecule has 7 heteroatoms. The molecule has 0 unspecified atom stereocenters. The largest absolute Gasteiger partial charge is 0.378 e. The van der Waals surface area contributed by atoms with Crippen molar-refractivity contribution < 1.29 is 12.9 Å². The number of nitrogens with one attached hydrogen (secondary N) is 1. The monoisotopic (exact) mass is 267 g/mol. The van der Waals surface area contributed by atoms with Crippen molar-refractivity contribution in [3.63, 3.8) is 0 Å². The molecule has 0 bridgehead atoms. The van der Waals surface area contributed by atoms with Gasteiger partial charge in [-0.1, -0.05) is 12.1 Å². The Balaban J connectivity index is 2.04. The molecule has 0 saturated carbocycles. The van der Waals surface area contributed by atoms with E-state index in [1.807, 2.05) is 0 Å². The average molecular weight is 267 g/mol. The normalized spacial score (nSPS) is 11.4. The number of hydrogen-bond donors (Lipinski definition) is 1. The summed E-state index contributed by atoms with van der Waals surface area (Å²) in [6.45, 7) is 2.05. The van der Waals surface area contributed by atoms with Gasteiger partial charge < -0.3 is 9.84 Å². The number of sulfone groups is 1. The van der Waals surface area contributed by atoms with Gasteiger partial charge >= 0.3 is 0 Å². The fourth-order valence-corrected chi connectivity index (χ4v) is 2.28. The van der Waals surface area contributed by atoms with Crippen LogP contribution in [0.3, 0.4) is 0 Å². The molecule has 0 amide bonds. The third-order valence-corrected chi connectivity index (χ3v) is 4.20. The van der Waals surface area contributed by atoms with Gasteiger partial charge in [0.25, 0.3) is 0 Å². The second-order valence-corrected chi connectivity index (χ2v) is 5.91. The number of anilines is 1. The van der Waals surface area contributed by atoms with Crippen LogP contribution in [0.25, 0.3) is 0 Å². The predicted molar refractivity (Wildman–Crippen MR) is 65.8 cm³/mol. The van der Waals surface area contributed by atoms with E-state index in [0.717, 1.165) is 5.69 Å². The summed E-state index contributed by atoms with van der Waals surface area (Å²) in [6, 6.07) is 6.58. The van der Waals surface area contributed by atoms with Crippen LogP contribution in [0.4, 0.5) is 5.69 Å². The summed E-state index contributed by atoms with van der Waals surface area (Å²) in [5, 5.41) is 6.72. The fourth-order valence-electron chi connectivity index (χ4n) is 1.40. The molecule has 0 aliphatic heterocycles. The minimum atomic E-state index is -3.14. The van der Waals surface area contributed by atoms with Gasteiger partial charge in [0, 0.05) is 5.69 Å². The van der Waals surface area contributed by atoms with Crippen molar-refractivity contribution in [1.29, 1.82) is 0 Å². The fraction of sp³-hybridized carbons (Fsp3) is 0.273. The molecular formula is C11H13N3O3S. The summed E-state index contributed by atoms with van der Waals surface area (Å²) in [7, 11) is -3.14. The zero-order valence-corrected chi connectivity index (χ0v) is 10.6. The van der Waals surface area contributed by atoms with Crippen LogP contribution in [0.15, 0.2) is 40.1 Å². The van der Waals surface area contributed by atoms with Crippen molar-refractivity contribution >= 4 is 15.5 Å². The smallest absolute Gasteiger partial charge is 0.213 e. The molecule has 0 aliphatic carbocycles. The van der Waals surface area contributed by atoms with E-state index in [4.69, 9.17) is 0 Å². The van der Waals surface area contributed by atoms with Crippen molar-refractivity contribution in [3.8, 4) is 0 Å². The number of benzene rings is 1. The zero-order chi connectivity index (χ0) is 13.0. The lowest BCUT2D eigenvalue weighted by Gasteiger charge is -2.05. The van der Waals surface area contributed by atoms with Crippen molar-refractivity contribution in [2.24, 2.45) is 0 Å². The minimum Gasteiger partial charge on any atom is -0.378 e. The van der Waals surface area contributed by atoms with E-state index in [1.165, 1.54) is 6.39 Å². The molecule has 1 heterocycles. The van der Waals surface area contributed by atoms with Crippen LogP contribution in [0.5, 0.6) is 0 Å². The van der Waals surface area contributed by atoms with Crippen LogP contribution in [0.1, 0.15) is 12.7 Å². The minimum absolute atomic E-state index is 0.0998. The third-order valence-electron chi connectivity index (χ3n) is 2.45. The molecule has 0 radical (unpaired) electrons. The molecule has 0 saturated heterocycles. The molecule has 6 nitrogen and oxygen atoms in total. The summed E-state index contributed by atoms with van der Waals surface area (Å²) < 4.78 is 27.8. The van der Waals surface area contributed by atoms with Gasteiger partial charge in [-0.25, -0.2) is 8.42 Å². The molecule has 18 heavy (non-hydrogen) atoms. The Bertz CT molecular complexity index is 591. The number of rotatable bonds is 5. The lowest BCUT2D eigenvalue weighted by atomic mass is 10.3. The van der Waals surface area contributed by atoms with E-state index in [9.17, 15) is 8.42 Å². The highest BCUT2D eigenvalue weighted by atomic mass is 32.2. The molecule has 96 valence electrons. The Morgan fingerprint density at radius 2 is 2.00 bits per heavy atom. The average Bonchev–Trinajstić information content (AvgIpc) is 2.90. The van der Waals surface area contributed by atoms with Crippen LogP contribution < -0.4 is 5.32 Å². The van der Waals surface area contributed by atoms with Gasteiger partial charge in [0.15, 0.2) is 15.7 Å². The van der Waals surface area contributed by atoms with E-state index in [0.29, 0.717) is 17.3 Å². The summed E-state index contributed by atoms with van der Waals surface area (Å²) in [5.74, 6) is 0.642. The Labute approximate surface area is 105 Å².